The summed E-state index contributed by atoms with van der Waals surface area (Å²) in [5, 5.41) is 11.5. The van der Waals surface area contributed by atoms with Crippen LogP contribution in [0.25, 0.3) is 10.1 Å². The molecule has 1 aromatic heterocycles. The number of thiophene rings is 1. The zero-order valence-corrected chi connectivity index (χ0v) is 7.67. The van der Waals surface area contributed by atoms with E-state index in [1.807, 2.05) is 24.3 Å². The van der Waals surface area contributed by atoms with Crippen molar-refractivity contribution in [1.82, 2.24) is 0 Å². The first-order chi connectivity index (χ1) is 6.33. The number of carbonyl (C=O) groups excluding carboxylic acids is 1. The number of ketones is 1. The van der Waals surface area contributed by atoms with Crippen molar-refractivity contribution >= 4 is 27.2 Å². The fourth-order valence-electron chi connectivity index (χ4n) is 1.28. The second kappa shape index (κ2) is 3.28. The van der Waals surface area contributed by atoms with E-state index in [2.05, 4.69) is 0 Å². The Hall–Kier alpha value is -1.19. The Morgan fingerprint density at radius 2 is 2.15 bits per heavy atom. The zero-order valence-electron chi connectivity index (χ0n) is 6.86. The van der Waals surface area contributed by atoms with Gasteiger partial charge in [-0.15, -0.1) is 11.3 Å². The number of Topliss-reactive ketones (excluding diaryl/α,β-unsaturated/α-hetero) is 1. The molecule has 2 nitrogen and oxygen atoms in total. The largest absolute Gasteiger partial charge is 0.388 e. The average molecular weight is 192 g/mol. The molecule has 0 saturated carbocycles. The van der Waals surface area contributed by atoms with Crippen molar-refractivity contribution in [3.05, 3.63) is 35.2 Å². The van der Waals surface area contributed by atoms with Crippen LogP contribution in [0, 0.1) is 0 Å². The molecule has 0 aliphatic heterocycles. The molecule has 0 fully saturated rings. The van der Waals surface area contributed by atoms with Crippen molar-refractivity contribution in [3.8, 4) is 0 Å². The van der Waals surface area contributed by atoms with Crippen molar-refractivity contribution in [2.24, 2.45) is 0 Å². The van der Waals surface area contributed by atoms with Crippen LogP contribution in [0.2, 0.25) is 0 Å². The molecule has 1 heterocycles. The van der Waals surface area contributed by atoms with Gasteiger partial charge in [-0.25, -0.2) is 0 Å². The van der Waals surface area contributed by atoms with Gasteiger partial charge in [0.1, 0.15) is 6.61 Å². The van der Waals surface area contributed by atoms with Crippen LogP contribution in [0.1, 0.15) is 10.4 Å². The quantitative estimate of drug-likeness (QED) is 0.739. The third-order valence-corrected chi connectivity index (χ3v) is 2.89. The van der Waals surface area contributed by atoms with E-state index in [1.165, 1.54) is 11.3 Å². The van der Waals surface area contributed by atoms with E-state index in [-0.39, 0.29) is 5.78 Å². The summed E-state index contributed by atoms with van der Waals surface area (Å²) in [5.41, 5.74) is 0.628. The molecule has 0 saturated heterocycles. The molecule has 13 heavy (non-hydrogen) atoms. The Morgan fingerprint density at radius 3 is 2.92 bits per heavy atom. The van der Waals surface area contributed by atoms with E-state index in [0.29, 0.717) is 5.56 Å². The molecule has 0 unspecified atom stereocenters. The normalized spacial score (nSPS) is 10.5. The first-order valence-electron chi connectivity index (χ1n) is 3.93. The van der Waals surface area contributed by atoms with Gasteiger partial charge in [-0.3, -0.25) is 4.79 Å². The predicted octanol–water partition coefficient (Wildman–Crippen LogP) is 2.08. The van der Waals surface area contributed by atoms with Gasteiger partial charge in [0.2, 0.25) is 0 Å². The van der Waals surface area contributed by atoms with Gasteiger partial charge >= 0.3 is 0 Å². The highest BCUT2D eigenvalue weighted by atomic mass is 32.1. The van der Waals surface area contributed by atoms with Gasteiger partial charge < -0.3 is 5.11 Å². The molecular weight excluding hydrogens is 184 g/mol. The molecule has 0 aliphatic rings. The maximum absolute atomic E-state index is 11.2. The molecule has 3 heteroatoms. The summed E-state index contributed by atoms with van der Waals surface area (Å²) in [4.78, 5) is 11.2. The third kappa shape index (κ3) is 1.36. The number of benzene rings is 1. The Morgan fingerprint density at radius 1 is 1.38 bits per heavy atom. The van der Waals surface area contributed by atoms with Crippen LogP contribution < -0.4 is 0 Å². The molecule has 66 valence electrons. The predicted molar refractivity (Wildman–Crippen MR) is 53.2 cm³/mol. The molecule has 1 N–H and O–H groups in total. The first-order valence-corrected chi connectivity index (χ1v) is 4.81. The summed E-state index contributed by atoms with van der Waals surface area (Å²) >= 11 is 1.53. The molecule has 0 spiro atoms. The molecule has 2 aromatic rings. The van der Waals surface area contributed by atoms with Crippen LogP contribution >= 0.6 is 11.3 Å². The highest BCUT2D eigenvalue weighted by molar-refractivity contribution is 7.17. The van der Waals surface area contributed by atoms with Gasteiger partial charge in [-0.05, 0) is 6.07 Å². The van der Waals surface area contributed by atoms with Crippen LogP contribution in [0.3, 0.4) is 0 Å². The summed E-state index contributed by atoms with van der Waals surface area (Å²) in [6.07, 6.45) is 0. The molecule has 1 aromatic carbocycles. The van der Waals surface area contributed by atoms with E-state index in [4.69, 9.17) is 5.11 Å². The fraction of sp³-hybridized carbons (Fsp3) is 0.100. The van der Waals surface area contributed by atoms with Crippen LogP contribution in [0.5, 0.6) is 0 Å². The first kappa shape index (κ1) is 8.41. The lowest BCUT2D eigenvalue weighted by Crippen LogP contribution is -2.02. The topological polar surface area (TPSA) is 37.3 Å². The lowest BCUT2D eigenvalue weighted by molar-refractivity contribution is 0.0906. The average Bonchev–Trinajstić information content (AvgIpc) is 2.60. The van der Waals surface area contributed by atoms with Gasteiger partial charge in [0.25, 0.3) is 0 Å². The molecule has 0 amide bonds. The van der Waals surface area contributed by atoms with Crippen LogP contribution in [0.15, 0.2) is 29.6 Å². The molecule has 0 aliphatic carbocycles. The molecule has 0 bridgehead atoms. The number of aliphatic hydroxyl groups excluding tert-OH is 1. The number of hydrogen-bond donors (Lipinski definition) is 1. The van der Waals surface area contributed by atoms with Crippen molar-refractivity contribution in [2.45, 2.75) is 0 Å². The summed E-state index contributed by atoms with van der Waals surface area (Å²) in [5.74, 6) is -0.211. The molecule has 2 rings (SSSR count). The maximum Gasteiger partial charge on any atom is 0.189 e. The number of hydrogen-bond acceptors (Lipinski definition) is 3. The monoisotopic (exact) mass is 192 g/mol. The van der Waals surface area contributed by atoms with Crippen LogP contribution in [0.4, 0.5) is 0 Å². The highest BCUT2D eigenvalue weighted by Gasteiger charge is 2.09. The van der Waals surface area contributed by atoms with E-state index in [1.54, 1.807) is 5.38 Å². The van der Waals surface area contributed by atoms with Crippen LogP contribution in [-0.2, 0) is 0 Å². The van der Waals surface area contributed by atoms with Crippen molar-refractivity contribution in [3.63, 3.8) is 0 Å². The number of aliphatic hydroxyl groups is 1. The van der Waals surface area contributed by atoms with E-state index in [9.17, 15) is 4.79 Å². The molecule has 0 radical (unpaired) electrons. The number of carbonyl (C=O) groups is 1. The Balaban J connectivity index is 2.64. The SMILES string of the molecule is O=C(CO)c1csc2ccccc12. The van der Waals surface area contributed by atoms with E-state index in [0.717, 1.165) is 10.1 Å². The number of rotatable bonds is 2. The Bertz CT molecular complexity index is 445. The van der Waals surface area contributed by atoms with Crippen LogP contribution in [-0.4, -0.2) is 17.5 Å². The summed E-state index contributed by atoms with van der Waals surface area (Å²) < 4.78 is 1.08. The standard InChI is InChI=1S/C10H8O2S/c11-5-9(12)8-6-13-10-4-2-1-3-7(8)10/h1-4,6,11H,5H2. The fourth-order valence-corrected chi connectivity index (χ4v) is 2.24. The Kier molecular flexibility index (Phi) is 2.12. The molecular formula is C10H8O2S. The summed E-state index contributed by atoms with van der Waals surface area (Å²) in [6, 6.07) is 7.69. The Labute approximate surface area is 79.4 Å². The second-order valence-electron chi connectivity index (χ2n) is 2.73. The van der Waals surface area contributed by atoms with Crippen molar-refractivity contribution in [1.29, 1.82) is 0 Å². The molecule has 0 atom stereocenters. The van der Waals surface area contributed by atoms with E-state index >= 15 is 0 Å². The highest BCUT2D eigenvalue weighted by Crippen LogP contribution is 2.25. The minimum atomic E-state index is -0.416. The lowest BCUT2D eigenvalue weighted by atomic mass is 10.1. The third-order valence-electron chi connectivity index (χ3n) is 1.92. The summed E-state index contributed by atoms with van der Waals surface area (Å²) in [6.45, 7) is -0.416. The zero-order chi connectivity index (χ0) is 9.26. The van der Waals surface area contributed by atoms with Gasteiger partial charge in [0.15, 0.2) is 5.78 Å². The lowest BCUT2D eigenvalue weighted by Gasteiger charge is -1.93. The minimum absolute atomic E-state index is 0.211. The van der Waals surface area contributed by atoms with Gasteiger partial charge in [0, 0.05) is 21.0 Å². The van der Waals surface area contributed by atoms with Gasteiger partial charge in [0.05, 0.1) is 0 Å². The van der Waals surface area contributed by atoms with Gasteiger partial charge in [-0.2, -0.15) is 0 Å². The summed E-state index contributed by atoms with van der Waals surface area (Å²) in [7, 11) is 0. The minimum Gasteiger partial charge on any atom is -0.388 e. The number of fused-ring (bicyclic) bond motifs is 1. The maximum atomic E-state index is 11.2. The second-order valence-corrected chi connectivity index (χ2v) is 3.64. The van der Waals surface area contributed by atoms with Gasteiger partial charge in [-0.1, -0.05) is 18.2 Å². The van der Waals surface area contributed by atoms with Crippen molar-refractivity contribution in [2.75, 3.05) is 6.61 Å². The smallest absolute Gasteiger partial charge is 0.189 e. The van der Waals surface area contributed by atoms with Crippen molar-refractivity contribution < 1.29 is 9.90 Å². The van der Waals surface area contributed by atoms with E-state index < -0.39 is 6.61 Å².